The van der Waals surface area contributed by atoms with Crippen LogP contribution in [0.25, 0.3) is 0 Å². The van der Waals surface area contributed by atoms with Crippen LogP contribution in [0.3, 0.4) is 0 Å². The molecule has 6 nitrogen and oxygen atoms in total. The van der Waals surface area contributed by atoms with Gasteiger partial charge in [-0.05, 0) is 104 Å². The van der Waals surface area contributed by atoms with Crippen LogP contribution >= 0.6 is 0 Å². The minimum Gasteiger partial charge on any atom is -0.496 e. The van der Waals surface area contributed by atoms with Gasteiger partial charge in [-0.2, -0.15) is 0 Å². The van der Waals surface area contributed by atoms with Gasteiger partial charge in [0.2, 0.25) is 0 Å². The SMILES string of the molecule is COc1ccc(C2CCC(C(C)(C)C3CCC(c4ccc(OC)c(OC)c4CO)CC3)CC2)c(OC)c1CO. The lowest BCUT2D eigenvalue weighted by molar-refractivity contribution is 0.0510. The Balaban J connectivity index is 1.41. The molecule has 0 spiro atoms. The predicted molar refractivity (Wildman–Crippen MR) is 154 cm³/mol. The van der Waals surface area contributed by atoms with Crippen LogP contribution in [0.1, 0.15) is 99.3 Å². The molecule has 4 rings (SSSR count). The minimum absolute atomic E-state index is 0.0385. The van der Waals surface area contributed by atoms with E-state index in [1.54, 1.807) is 28.4 Å². The molecule has 0 radical (unpaired) electrons. The molecule has 0 saturated heterocycles. The first-order chi connectivity index (χ1) is 18.8. The summed E-state index contributed by atoms with van der Waals surface area (Å²) < 4.78 is 22.3. The van der Waals surface area contributed by atoms with Crippen molar-refractivity contribution in [3.63, 3.8) is 0 Å². The van der Waals surface area contributed by atoms with E-state index in [1.807, 2.05) is 12.1 Å². The standard InChI is InChI=1S/C33H48O6/c1-33(2,23-11-7-21(8-12-23)25-15-18-30(37-4)32(39-6)27(25)19-34)24-13-9-22(10-14-24)26-16-17-29(36-3)28(20-35)31(26)38-5/h15-18,21-24,34-35H,7-14,19-20H2,1-6H3. The maximum absolute atomic E-state index is 10.2. The third kappa shape index (κ3) is 5.74. The fraction of sp³-hybridized carbons (Fsp3) is 0.636. The number of rotatable bonds is 10. The summed E-state index contributed by atoms with van der Waals surface area (Å²) in [5.74, 6) is 5.10. The minimum atomic E-state index is -0.0889. The molecular weight excluding hydrogens is 492 g/mol. The van der Waals surface area contributed by atoms with Gasteiger partial charge in [0.15, 0.2) is 11.5 Å². The van der Waals surface area contributed by atoms with Crippen molar-refractivity contribution in [1.29, 1.82) is 0 Å². The van der Waals surface area contributed by atoms with Crippen LogP contribution in [0.4, 0.5) is 0 Å². The number of ether oxygens (including phenoxy) is 4. The van der Waals surface area contributed by atoms with Gasteiger partial charge in [0.1, 0.15) is 11.5 Å². The number of hydrogen-bond acceptors (Lipinski definition) is 6. The van der Waals surface area contributed by atoms with Gasteiger partial charge in [-0.3, -0.25) is 0 Å². The van der Waals surface area contributed by atoms with Gasteiger partial charge in [-0.1, -0.05) is 26.0 Å². The molecule has 2 saturated carbocycles. The molecule has 216 valence electrons. The maximum atomic E-state index is 10.2. The summed E-state index contributed by atoms with van der Waals surface area (Å²) in [6.07, 6.45) is 9.41. The highest BCUT2D eigenvalue weighted by atomic mass is 16.5. The van der Waals surface area contributed by atoms with E-state index in [9.17, 15) is 10.2 Å². The lowest BCUT2D eigenvalue weighted by Crippen LogP contribution is -2.36. The van der Waals surface area contributed by atoms with Crippen LogP contribution in [0.2, 0.25) is 0 Å². The first kappa shape index (κ1) is 29.5. The first-order valence-electron chi connectivity index (χ1n) is 14.5. The Morgan fingerprint density at radius 3 is 1.51 bits per heavy atom. The molecule has 2 fully saturated rings. The van der Waals surface area contributed by atoms with E-state index in [0.717, 1.165) is 42.6 Å². The van der Waals surface area contributed by atoms with Gasteiger partial charge in [0, 0.05) is 5.56 Å². The summed E-state index contributed by atoms with van der Waals surface area (Å²) in [5, 5.41) is 20.1. The van der Waals surface area contributed by atoms with Crippen molar-refractivity contribution < 1.29 is 29.2 Å². The molecule has 0 amide bonds. The fourth-order valence-electron chi connectivity index (χ4n) is 7.71. The average Bonchev–Trinajstić information content (AvgIpc) is 2.99. The summed E-state index contributed by atoms with van der Waals surface area (Å²) in [5.41, 5.74) is 4.32. The third-order valence-electron chi connectivity index (χ3n) is 10.1. The Bertz CT molecular complexity index is 1010. The molecular formula is C33H48O6. The fourth-order valence-corrected chi connectivity index (χ4v) is 7.71. The quantitative estimate of drug-likeness (QED) is 0.339. The number of aliphatic hydroxyl groups excluding tert-OH is 2. The molecule has 2 aromatic carbocycles. The number of methoxy groups -OCH3 is 4. The normalized spacial score (nSPS) is 23.8. The highest BCUT2D eigenvalue weighted by Crippen LogP contribution is 2.53. The number of hydrogen-bond donors (Lipinski definition) is 2. The number of benzene rings is 2. The Kier molecular flexibility index (Phi) is 9.71. The molecule has 2 N–H and O–H groups in total. The molecule has 2 aliphatic carbocycles. The molecule has 0 atom stereocenters. The number of aliphatic hydroxyl groups is 2. The molecule has 6 heteroatoms. The van der Waals surface area contributed by atoms with E-state index < -0.39 is 0 Å². The zero-order chi connectivity index (χ0) is 28.2. The van der Waals surface area contributed by atoms with E-state index in [0.29, 0.717) is 40.9 Å². The maximum Gasteiger partial charge on any atom is 0.166 e. The van der Waals surface area contributed by atoms with Crippen molar-refractivity contribution in [2.24, 2.45) is 17.3 Å². The molecule has 2 aliphatic rings. The topological polar surface area (TPSA) is 77.4 Å². The van der Waals surface area contributed by atoms with E-state index in [2.05, 4.69) is 26.0 Å². The Morgan fingerprint density at radius 2 is 1.05 bits per heavy atom. The smallest absolute Gasteiger partial charge is 0.166 e. The van der Waals surface area contributed by atoms with Gasteiger partial charge in [-0.25, -0.2) is 0 Å². The molecule has 0 unspecified atom stereocenters. The van der Waals surface area contributed by atoms with Crippen LogP contribution in [-0.4, -0.2) is 38.7 Å². The van der Waals surface area contributed by atoms with Crippen molar-refractivity contribution in [3.8, 4) is 23.0 Å². The van der Waals surface area contributed by atoms with Crippen molar-refractivity contribution in [2.75, 3.05) is 28.4 Å². The lowest BCUT2D eigenvalue weighted by Gasteiger charge is -2.47. The summed E-state index contributed by atoms with van der Waals surface area (Å²) >= 11 is 0. The van der Waals surface area contributed by atoms with Gasteiger partial charge in [0.25, 0.3) is 0 Å². The van der Waals surface area contributed by atoms with Gasteiger partial charge >= 0.3 is 0 Å². The van der Waals surface area contributed by atoms with E-state index in [-0.39, 0.29) is 18.6 Å². The van der Waals surface area contributed by atoms with Gasteiger partial charge < -0.3 is 29.2 Å². The van der Waals surface area contributed by atoms with Crippen LogP contribution in [-0.2, 0) is 13.2 Å². The van der Waals surface area contributed by atoms with Crippen LogP contribution in [0.15, 0.2) is 24.3 Å². The van der Waals surface area contributed by atoms with Gasteiger partial charge in [0.05, 0.1) is 47.2 Å². The second kappa shape index (κ2) is 12.8. The van der Waals surface area contributed by atoms with E-state index in [4.69, 9.17) is 18.9 Å². The molecule has 0 bridgehead atoms. The second-order valence-electron chi connectivity index (χ2n) is 12.0. The largest absolute Gasteiger partial charge is 0.496 e. The van der Waals surface area contributed by atoms with E-state index in [1.165, 1.54) is 36.8 Å². The van der Waals surface area contributed by atoms with Crippen molar-refractivity contribution >= 4 is 0 Å². The van der Waals surface area contributed by atoms with Crippen molar-refractivity contribution in [3.05, 3.63) is 46.5 Å². The lowest BCUT2D eigenvalue weighted by atomic mass is 9.58. The monoisotopic (exact) mass is 540 g/mol. The Hall–Kier alpha value is -2.44. The van der Waals surface area contributed by atoms with Crippen molar-refractivity contribution in [2.45, 2.75) is 90.3 Å². The van der Waals surface area contributed by atoms with Crippen LogP contribution < -0.4 is 18.9 Å². The summed E-state index contributed by atoms with van der Waals surface area (Å²) in [6.45, 7) is 4.87. The van der Waals surface area contributed by atoms with Crippen molar-refractivity contribution in [1.82, 2.24) is 0 Å². The predicted octanol–water partition coefficient (Wildman–Crippen LogP) is 6.98. The van der Waals surface area contributed by atoms with Crippen LogP contribution in [0.5, 0.6) is 23.0 Å². The molecule has 0 heterocycles. The first-order valence-corrected chi connectivity index (χ1v) is 14.5. The van der Waals surface area contributed by atoms with E-state index >= 15 is 0 Å². The summed E-state index contributed by atoms with van der Waals surface area (Å²) in [4.78, 5) is 0. The molecule has 0 aromatic heterocycles. The van der Waals surface area contributed by atoms with Crippen LogP contribution in [0, 0.1) is 17.3 Å². The molecule has 0 aliphatic heterocycles. The third-order valence-corrected chi connectivity index (χ3v) is 10.1. The Labute approximate surface area is 234 Å². The van der Waals surface area contributed by atoms with Gasteiger partial charge in [-0.15, -0.1) is 0 Å². The zero-order valence-corrected chi connectivity index (χ0v) is 24.7. The zero-order valence-electron chi connectivity index (χ0n) is 24.7. The molecule has 2 aromatic rings. The summed E-state index contributed by atoms with van der Waals surface area (Å²) in [7, 11) is 6.60. The molecule has 39 heavy (non-hydrogen) atoms. The highest BCUT2D eigenvalue weighted by Gasteiger charge is 2.41. The summed E-state index contributed by atoms with van der Waals surface area (Å²) in [6, 6.07) is 8.20. The Morgan fingerprint density at radius 1 is 0.590 bits per heavy atom. The average molecular weight is 541 g/mol. The second-order valence-corrected chi connectivity index (χ2v) is 12.0. The highest BCUT2D eigenvalue weighted by molar-refractivity contribution is 5.52.